The molecule has 2 aromatic carbocycles. The van der Waals surface area contributed by atoms with Crippen molar-refractivity contribution in [3.8, 4) is 5.75 Å². The summed E-state index contributed by atoms with van der Waals surface area (Å²) in [5.74, 6) is -0.623. The highest BCUT2D eigenvalue weighted by atomic mass is 16.5. The summed E-state index contributed by atoms with van der Waals surface area (Å²) in [6, 6.07) is 13.4. The van der Waals surface area contributed by atoms with Crippen molar-refractivity contribution in [3.05, 3.63) is 53.6 Å². The van der Waals surface area contributed by atoms with Crippen LogP contribution in [0.1, 0.15) is 30.5 Å². The van der Waals surface area contributed by atoms with E-state index in [4.69, 9.17) is 4.74 Å². The van der Waals surface area contributed by atoms with Crippen molar-refractivity contribution in [2.75, 3.05) is 51.1 Å². The molecule has 0 fully saturated rings. The van der Waals surface area contributed by atoms with Gasteiger partial charge in [0.15, 0.2) is 0 Å². The molecule has 0 aliphatic carbocycles. The van der Waals surface area contributed by atoms with Crippen LogP contribution in [0.2, 0.25) is 0 Å². The van der Waals surface area contributed by atoms with Crippen molar-refractivity contribution < 1.29 is 14.3 Å². The van der Waals surface area contributed by atoms with E-state index in [-0.39, 0.29) is 6.04 Å². The summed E-state index contributed by atoms with van der Waals surface area (Å²) in [5, 5.41) is 5.40. The first kappa shape index (κ1) is 22.6. The van der Waals surface area contributed by atoms with E-state index in [0.717, 1.165) is 30.7 Å². The first-order valence-corrected chi connectivity index (χ1v) is 10.7. The lowest BCUT2D eigenvalue weighted by Gasteiger charge is -2.30. The lowest BCUT2D eigenvalue weighted by molar-refractivity contribution is -0.136. The maximum absolute atomic E-state index is 12.4. The van der Waals surface area contributed by atoms with Gasteiger partial charge in [-0.1, -0.05) is 12.1 Å². The van der Waals surface area contributed by atoms with Crippen LogP contribution in [0.15, 0.2) is 42.5 Å². The number of anilines is 2. The molecule has 2 amide bonds. The van der Waals surface area contributed by atoms with Crippen molar-refractivity contribution in [2.24, 2.45) is 0 Å². The number of aryl methyl sites for hydroxylation is 1. The molecule has 0 aromatic heterocycles. The van der Waals surface area contributed by atoms with Crippen molar-refractivity contribution in [1.29, 1.82) is 0 Å². The Labute approximate surface area is 184 Å². The van der Waals surface area contributed by atoms with E-state index in [0.29, 0.717) is 18.8 Å². The number of nitrogens with one attached hydrogen (secondary N) is 2. The van der Waals surface area contributed by atoms with Gasteiger partial charge in [0.05, 0.1) is 12.6 Å². The summed E-state index contributed by atoms with van der Waals surface area (Å²) in [6.45, 7) is 3.89. The van der Waals surface area contributed by atoms with E-state index < -0.39 is 11.8 Å². The molecule has 0 unspecified atom stereocenters. The van der Waals surface area contributed by atoms with Gasteiger partial charge < -0.3 is 25.2 Å². The second-order valence-corrected chi connectivity index (χ2v) is 8.01. The first-order chi connectivity index (χ1) is 14.9. The summed E-state index contributed by atoms with van der Waals surface area (Å²) in [6.07, 6.45) is 2.20. The number of likely N-dealkylation sites (N-methyl/N-ethyl adjacent to an activating group) is 1. The topological polar surface area (TPSA) is 73.9 Å². The maximum atomic E-state index is 12.4. The van der Waals surface area contributed by atoms with Gasteiger partial charge in [-0.2, -0.15) is 0 Å². The molecule has 7 heteroatoms. The molecule has 0 saturated heterocycles. The summed E-state index contributed by atoms with van der Waals surface area (Å²) in [4.78, 5) is 29.0. The van der Waals surface area contributed by atoms with Gasteiger partial charge >= 0.3 is 11.8 Å². The van der Waals surface area contributed by atoms with Crippen LogP contribution in [0.5, 0.6) is 5.75 Å². The Morgan fingerprint density at radius 1 is 1.13 bits per heavy atom. The minimum absolute atomic E-state index is 0.0280. The molecule has 3 rings (SSSR count). The molecule has 7 nitrogen and oxygen atoms in total. The van der Waals surface area contributed by atoms with Gasteiger partial charge in [0.25, 0.3) is 0 Å². The number of carbonyl (C=O) groups is 2. The maximum Gasteiger partial charge on any atom is 0.313 e. The zero-order valence-electron chi connectivity index (χ0n) is 18.8. The number of benzene rings is 2. The van der Waals surface area contributed by atoms with Gasteiger partial charge in [-0.05, 0) is 75.3 Å². The summed E-state index contributed by atoms with van der Waals surface area (Å²) in [7, 11) is 6.06. The molecule has 1 heterocycles. The van der Waals surface area contributed by atoms with Gasteiger partial charge in [0, 0.05) is 31.5 Å². The van der Waals surface area contributed by atoms with Crippen LogP contribution in [-0.4, -0.2) is 57.6 Å². The largest absolute Gasteiger partial charge is 0.494 e. The van der Waals surface area contributed by atoms with Crippen molar-refractivity contribution in [1.82, 2.24) is 10.2 Å². The highest BCUT2D eigenvalue weighted by Crippen LogP contribution is 2.29. The Kier molecular flexibility index (Phi) is 7.52. The quantitative estimate of drug-likeness (QED) is 0.669. The minimum atomic E-state index is -0.686. The SMILES string of the molecule is CCOc1ccc(NC(=O)C(=O)NC[C@@H](c2ccc3c(c2)CCCN3C)N(C)C)cc1. The average molecular weight is 425 g/mol. The van der Waals surface area contributed by atoms with E-state index in [9.17, 15) is 9.59 Å². The lowest BCUT2D eigenvalue weighted by atomic mass is 9.96. The third-order valence-electron chi connectivity index (χ3n) is 5.55. The molecule has 1 aliphatic heterocycles. The van der Waals surface area contributed by atoms with E-state index in [1.165, 1.54) is 11.3 Å². The number of rotatable bonds is 7. The number of carbonyl (C=O) groups excluding carboxylic acids is 2. The van der Waals surface area contributed by atoms with Gasteiger partial charge in [0.2, 0.25) is 0 Å². The average Bonchev–Trinajstić information content (AvgIpc) is 2.75. The van der Waals surface area contributed by atoms with Gasteiger partial charge in [0.1, 0.15) is 5.75 Å². The highest BCUT2D eigenvalue weighted by molar-refractivity contribution is 6.39. The fourth-order valence-corrected chi connectivity index (χ4v) is 3.87. The minimum Gasteiger partial charge on any atom is -0.494 e. The Morgan fingerprint density at radius 3 is 2.55 bits per heavy atom. The number of hydrogen-bond donors (Lipinski definition) is 2. The van der Waals surface area contributed by atoms with Crippen LogP contribution in [0.25, 0.3) is 0 Å². The molecule has 0 radical (unpaired) electrons. The monoisotopic (exact) mass is 424 g/mol. The first-order valence-electron chi connectivity index (χ1n) is 10.7. The van der Waals surface area contributed by atoms with Crippen LogP contribution in [0, 0.1) is 0 Å². The van der Waals surface area contributed by atoms with Gasteiger partial charge in [-0.25, -0.2) is 0 Å². The molecule has 1 aliphatic rings. The number of amides is 2. The Bertz CT molecular complexity index is 912. The summed E-state index contributed by atoms with van der Waals surface area (Å²) >= 11 is 0. The molecule has 2 N–H and O–H groups in total. The Balaban J connectivity index is 1.60. The lowest BCUT2D eigenvalue weighted by Crippen LogP contribution is -2.40. The van der Waals surface area contributed by atoms with E-state index >= 15 is 0 Å². The van der Waals surface area contributed by atoms with Crippen molar-refractivity contribution in [2.45, 2.75) is 25.8 Å². The molecular formula is C24H32N4O3. The molecule has 166 valence electrons. The van der Waals surface area contributed by atoms with Gasteiger partial charge in [-0.3, -0.25) is 9.59 Å². The molecule has 0 bridgehead atoms. The predicted molar refractivity (Wildman–Crippen MR) is 124 cm³/mol. The third-order valence-corrected chi connectivity index (χ3v) is 5.55. The molecule has 0 spiro atoms. The van der Waals surface area contributed by atoms with E-state index in [1.54, 1.807) is 24.3 Å². The molecule has 31 heavy (non-hydrogen) atoms. The predicted octanol–water partition coefficient (Wildman–Crippen LogP) is 2.83. The molecule has 0 saturated carbocycles. The number of fused-ring (bicyclic) bond motifs is 1. The Morgan fingerprint density at radius 2 is 1.87 bits per heavy atom. The summed E-state index contributed by atoms with van der Waals surface area (Å²) < 4.78 is 5.38. The third kappa shape index (κ3) is 5.76. The van der Waals surface area contributed by atoms with Crippen molar-refractivity contribution in [3.63, 3.8) is 0 Å². The van der Waals surface area contributed by atoms with Crippen LogP contribution in [-0.2, 0) is 16.0 Å². The highest BCUT2D eigenvalue weighted by Gasteiger charge is 2.21. The zero-order valence-corrected chi connectivity index (χ0v) is 18.8. The number of ether oxygens (including phenoxy) is 1. The van der Waals surface area contributed by atoms with Crippen LogP contribution in [0.3, 0.4) is 0 Å². The molecule has 1 atom stereocenters. The smallest absolute Gasteiger partial charge is 0.313 e. The fraction of sp³-hybridized carbons (Fsp3) is 0.417. The van der Waals surface area contributed by atoms with Crippen LogP contribution < -0.4 is 20.3 Å². The van der Waals surface area contributed by atoms with E-state index in [2.05, 4.69) is 45.7 Å². The number of hydrogen-bond acceptors (Lipinski definition) is 5. The summed E-state index contributed by atoms with van der Waals surface area (Å²) in [5.41, 5.74) is 4.28. The zero-order chi connectivity index (χ0) is 22.4. The fourth-order valence-electron chi connectivity index (χ4n) is 3.87. The van der Waals surface area contributed by atoms with E-state index in [1.807, 2.05) is 21.0 Å². The second-order valence-electron chi connectivity index (χ2n) is 8.01. The number of nitrogens with zero attached hydrogens (tertiary/aromatic N) is 2. The molecular weight excluding hydrogens is 392 g/mol. The van der Waals surface area contributed by atoms with Crippen molar-refractivity contribution >= 4 is 23.2 Å². The van der Waals surface area contributed by atoms with Gasteiger partial charge in [-0.15, -0.1) is 0 Å². The standard InChI is InChI=1S/C24H32N4O3/c1-5-31-20-11-9-19(10-12-20)26-24(30)23(29)25-16-22(27(2)3)18-8-13-21-17(15-18)7-6-14-28(21)4/h8-13,15,22H,5-7,14,16H2,1-4H3,(H,25,29)(H,26,30)/t22-/m0/s1. The molecule has 2 aromatic rings. The second kappa shape index (κ2) is 10.3. The van der Waals surface area contributed by atoms with Crippen LogP contribution in [0.4, 0.5) is 11.4 Å². The normalized spacial score (nSPS) is 14.0. The van der Waals surface area contributed by atoms with Crippen LogP contribution >= 0.6 is 0 Å². The Hall–Kier alpha value is -3.06.